The number of fused-ring (bicyclic) bond motifs is 1. The molecule has 2 aromatic carbocycles. The van der Waals surface area contributed by atoms with Gasteiger partial charge >= 0.3 is 0 Å². The van der Waals surface area contributed by atoms with E-state index >= 15 is 0 Å². The molecule has 1 N–H and O–H groups in total. The molecule has 1 aliphatic heterocycles. The number of para-hydroxylation sites is 1. The molecule has 1 unspecified atom stereocenters. The SMILES string of the molecule is COc1cccc2c1NC(c1cccc(F)c1)C2. The second kappa shape index (κ2) is 4.33. The molecule has 18 heavy (non-hydrogen) atoms. The lowest BCUT2D eigenvalue weighted by atomic mass is 10.0. The molecule has 0 saturated heterocycles. The molecule has 1 atom stereocenters. The van der Waals surface area contributed by atoms with Crippen LogP contribution in [0.15, 0.2) is 42.5 Å². The van der Waals surface area contributed by atoms with Crippen LogP contribution in [0.2, 0.25) is 0 Å². The summed E-state index contributed by atoms with van der Waals surface area (Å²) in [7, 11) is 1.66. The molecule has 0 saturated carbocycles. The summed E-state index contributed by atoms with van der Waals surface area (Å²) < 4.78 is 18.6. The quantitative estimate of drug-likeness (QED) is 0.871. The molecule has 0 spiro atoms. The van der Waals surface area contributed by atoms with Crippen LogP contribution < -0.4 is 10.1 Å². The first-order valence-corrected chi connectivity index (χ1v) is 5.96. The summed E-state index contributed by atoms with van der Waals surface area (Å²) in [6.07, 6.45) is 0.857. The van der Waals surface area contributed by atoms with Gasteiger partial charge in [0, 0.05) is 0 Å². The minimum Gasteiger partial charge on any atom is -0.495 e. The number of ether oxygens (including phenoxy) is 1. The number of halogens is 1. The van der Waals surface area contributed by atoms with Crippen molar-refractivity contribution in [1.82, 2.24) is 0 Å². The minimum absolute atomic E-state index is 0.118. The van der Waals surface area contributed by atoms with Crippen molar-refractivity contribution >= 4 is 5.69 Å². The van der Waals surface area contributed by atoms with Crippen molar-refractivity contribution in [2.24, 2.45) is 0 Å². The topological polar surface area (TPSA) is 21.3 Å². The van der Waals surface area contributed by atoms with Gasteiger partial charge in [0.1, 0.15) is 11.6 Å². The molecule has 2 aromatic rings. The van der Waals surface area contributed by atoms with E-state index in [4.69, 9.17) is 4.74 Å². The number of benzene rings is 2. The highest BCUT2D eigenvalue weighted by molar-refractivity contribution is 5.66. The maximum absolute atomic E-state index is 13.2. The van der Waals surface area contributed by atoms with Crippen LogP contribution in [-0.2, 0) is 6.42 Å². The smallest absolute Gasteiger partial charge is 0.142 e. The van der Waals surface area contributed by atoms with Crippen molar-refractivity contribution in [2.75, 3.05) is 12.4 Å². The molecule has 0 aromatic heterocycles. The predicted molar refractivity (Wildman–Crippen MR) is 69.5 cm³/mol. The van der Waals surface area contributed by atoms with Crippen molar-refractivity contribution in [3.8, 4) is 5.75 Å². The molecule has 0 amide bonds. The van der Waals surface area contributed by atoms with E-state index in [1.807, 2.05) is 18.2 Å². The van der Waals surface area contributed by atoms with Crippen molar-refractivity contribution in [3.05, 3.63) is 59.4 Å². The van der Waals surface area contributed by atoms with Crippen molar-refractivity contribution < 1.29 is 9.13 Å². The molecule has 1 heterocycles. The number of nitrogens with one attached hydrogen (secondary N) is 1. The highest BCUT2D eigenvalue weighted by atomic mass is 19.1. The second-order valence-electron chi connectivity index (χ2n) is 4.45. The Kier molecular flexibility index (Phi) is 2.67. The van der Waals surface area contributed by atoms with Crippen LogP contribution >= 0.6 is 0 Å². The number of anilines is 1. The lowest BCUT2D eigenvalue weighted by molar-refractivity contribution is 0.416. The van der Waals surface area contributed by atoms with E-state index in [2.05, 4.69) is 11.4 Å². The van der Waals surface area contributed by atoms with Crippen molar-refractivity contribution in [1.29, 1.82) is 0 Å². The highest BCUT2D eigenvalue weighted by Gasteiger charge is 2.24. The number of hydrogen-bond acceptors (Lipinski definition) is 2. The van der Waals surface area contributed by atoms with Gasteiger partial charge in [0.25, 0.3) is 0 Å². The van der Waals surface area contributed by atoms with E-state index in [0.29, 0.717) is 0 Å². The predicted octanol–water partition coefficient (Wildman–Crippen LogP) is 3.54. The summed E-state index contributed by atoms with van der Waals surface area (Å²) in [6.45, 7) is 0. The Morgan fingerprint density at radius 1 is 1.22 bits per heavy atom. The van der Waals surface area contributed by atoms with Gasteiger partial charge in [-0.05, 0) is 35.7 Å². The van der Waals surface area contributed by atoms with Crippen LogP contribution in [0.3, 0.4) is 0 Å². The standard InChI is InChI=1S/C15H14FNO/c1-18-14-7-3-5-11-9-13(17-15(11)14)10-4-2-6-12(16)8-10/h2-8,13,17H,9H2,1H3. The summed E-state index contributed by atoms with van der Waals surface area (Å²) in [5.41, 5.74) is 3.20. The fourth-order valence-electron chi connectivity index (χ4n) is 2.45. The van der Waals surface area contributed by atoms with Gasteiger partial charge in [0.05, 0.1) is 18.8 Å². The molecule has 3 heteroatoms. The van der Waals surface area contributed by atoms with Crippen LogP contribution in [0.1, 0.15) is 17.2 Å². The van der Waals surface area contributed by atoms with Crippen molar-refractivity contribution in [3.63, 3.8) is 0 Å². The third kappa shape index (κ3) is 1.82. The number of rotatable bonds is 2. The minimum atomic E-state index is -0.197. The van der Waals surface area contributed by atoms with Crippen LogP contribution in [0.5, 0.6) is 5.75 Å². The van der Waals surface area contributed by atoms with E-state index in [1.165, 1.54) is 11.6 Å². The zero-order valence-corrected chi connectivity index (χ0v) is 10.1. The van der Waals surface area contributed by atoms with Gasteiger partial charge in [0.15, 0.2) is 0 Å². The molecule has 92 valence electrons. The van der Waals surface area contributed by atoms with E-state index < -0.39 is 0 Å². The van der Waals surface area contributed by atoms with Gasteiger partial charge < -0.3 is 10.1 Å². The Balaban J connectivity index is 1.93. The lowest BCUT2D eigenvalue weighted by Gasteiger charge is -2.12. The Morgan fingerprint density at radius 2 is 2.06 bits per heavy atom. The average molecular weight is 243 g/mol. The van der Waals surface area contributed by atoms with E-state index in [1.54, 1.807) is 19.2 Å². The van der Waals surface area contributed by atoms with E-state index in [9.17, 15) is 4.39 Å². The monoisotopic (exact) mass is 243 g/mol. The van der Waals surface area contributed by atoms with Crippen LogP contribution in [0, 0.1) is 5.82 Å². The Bertz CT molecular complexity index is 582. The van der Waals surface area contributed by atoms with Gasteiger partial charge in [-0.15, -0.1) is 0 Å². The molecular formula is C15H14FNO. The third-order valence-electron chi connectivity index (χ3n) is 3.33. The molecule has 1 aliphatic rings. The number of methoxy groups -OCH3 is 1. The molecule has 3 rings (SSSR count). The fourth-order valence-corrected chi connectivity index (χ4v) is 2.45. The molecule has 0 fully saturated rings. The zero-order chi connectivity index (χ0) is 12.5. The first kappa shape index (κ1) is 11.1. The van der Waals surface area contributed by atoms with Crippen LogP contribution in [0.25, 0.3) is 0 Å². The molecule has 0 aliphatic carbocycles. The maximum Gasteiger partial charge on any atom is 0.142 e. The van der Waals surface area contributed by atoms with Crippen LogP contribution in [-0.4, -0.2) is 7.11 Å². The summed E-state index contributed by atoms with van der Waals surface area (Å²) >= 11 is 0. The largest absolute Gasteiger partial charge is 0.495 e. The molecule has 2 nitrogen and oxygen atoms in total. The highest BCUT2D eigenvalue weighted by Crippen LogP contribution is 2.40. The van der Waals surface area contributed by atoms with E-state index in [0.717, 1.165) is 23.4 Å². The first-order valence-electron chi connectivity index (χ1n) is 5.96. The maximum atomic E-state index is 13.2. The van der Waals surface area contributed by atoms with Crippen LogP contribution in [0.4, 0.5) is 10.1 Å². The van der Waals surface area contributed by atoms with Crippen molar-refractivity contribution in [2.45, 2.75) is 12.5 Å². The van der Waals surface area contributed by atoms with Gasteiger partial charge in [-0.3, -0.25) is 0 Å². The summed E-state index contributed by atoms with van der Waals surface area (Å²) in [4.78, 5) is 0. The normalized spacial score (nSPS) is 17.1. The number of hydrogen-bond donors (Lipinski definition) is 1. The summed E-state index contributed by atoms with van der Waals surface area (Å²) in [5.74, 6) is 0.642. The van der Waals surface area contributed by atoms with Gasteiger partial charge in [-0.2, -0.15) is 0 Å². The average Bonchev–Trinajstić information content (AvgIpc) is 2.82. The molecular weight excluding hydrogens is 229 g/mol. The summed E-state index contributed by atoms with van der Waals surface area (Å²) in [5, 5.41) is 3.41. The second-order valence-corrected chi connectivity index (χ2v) is 4.45. The van der Waals surface area contributed by atoms with Gasteiger partial charge in [-0.1, -0.05) is 24.3 Å². The Hall–Kier alpha value is -2.03. The van der Waals surface area contributed by atoms with E-state index in [-0.39, 0.29) is 11.9 Å². The molecule has 0 radical (unpaired) electrons. The van der Waals surface area contributed by atoms with Gasteiger partial charge in [-0.25, -0.2) is 4.39 Å². The zero-order valence-electron chi connectivity index (χ0n) is 10.1. The first-order chi connectivity index (χ1) is 8.78. The third-order valence-corrected chi connectivity index (χ3v) is 3.33. The fraction of sp³-hybridized carbons (Fsp3) is 0.200. The Labute approximate surface area is 105 Å². The Morgan fingerprint density at radius 3 is 2.83 bits per heavy atom. The lowest BCUT2D eigenvalue weighted by Crippen LogP contribution is -2.06. The van der Waals surface area contributed by atoms with Gasteiger partial charge in [0.2, 0.25) is 0 Å². The molecule has 0 bridgehead atoms. The summed E-state index contributed by atoms with van der Waals surface area (Å²) in [6, 6.07) is 12.8.